The van der Waals surface area contributed by atoms with Crippen LogP contribution in [0.2, 0.25) is 36.3 Å². The van der Waals surface area contributed by atoms with Gasteiger partial charge in [-0.05, 0) is 42.7 Å². The molecule has 0 amide bonds. The highest BCUT2D eigenvalue weighted by Crippen LogP contribution is 2.39. The molecule has 0 aromatic rings. The highest BCUT2D eigenvalue weighted by atomic mass is 28.4. The quantitative estimate of drug-likeness (QED) is 0.275. The van der Waals surface area contributed by atoms with E-state index in [-0.39, 0.29) is 22.1 Å². The fraction of sp³-hybridized carbons (Fsp3) is 0.750. The third kappa shape index (κ3) is 9.92. The Hall–Kier alpha value is -0.466. The minimum absolute atomic E-state index is 0.0360. The molecule has 0 aliphatic carbocycles. The summed E-state index contributed by atoms with van der Waals surface area (Å²) in [7, 11) is -3.68. The van der Waals surface area contributed by atoms with Crippen LogP contribution in [0.4, 0.5) is 0 Å². The van der Waals surface area contributed by atoms with Crippen LogP contribution in [0.3, 0.4) is 0 Å². The van der Waals surface area contributed by atoms with Gasteiger partial charge in [0.15, 0.2) is 16.6 Å². The van der Waals surface area contributed by atoms with E-state index in [1.54, 1.807) is 6.08 Å². The van der Waals surface area contributed by atoms with Gasteiger partial charge in [0.2, 0.25) is 0 Å². The summed E-state index contributed by atoms with van der Waals surface area (Å²) in [6.45, 7) is 29.1. The van der Waals surface area contributed by atoms with Crippen LogP contribution in [0.5, 0.6) is 0 Å². The van der Waals surface area contributed by atoms with Gasteiger partial charge in [0.1, 0.15) is 0 Å². The van der Waals surface area contributed by atoms with Crippen molar-refractivity contribution in [3.05, 3.63) is 37.0 Å². The minimum atomic E-state index is -1.92. The first-order valence-corrected chi connectivity index (χ1v) is 16.7. The van der Waals surface area contributed by atoms with E-state index in [9.17, 15) is 5.11 Å². The van der Waals surface area contributed by atoms with E-state index in [4.69, 9.17) is 8.85 Å². The van der Waals surface area contributed by atoms with E-state index in [0.717, 1.165) is 0 Å². The number of hydrogen-bond donors (Lipinski definition) is 1. The maximum atomic E-state index is 10.00. The molecule has 0 heterocycles. The molecule has 29 heavy (non-hydrogen) atoms. The van der Waals surface area contributed by atoms with Crippen LogP contribution in [0.25, 0.3) is 0 Å². The van der Waals surface area contributed by atoms with Crippen molar-refractivity contribution in [2.45, 2.75) is 103 Å². The van der Waals surface area contributed by atoms with E-state index < -0.39 is 22.7 Å². The fourth-order valence-electron chi connectivity index (χ4n) is 2.16. The molecule has 0 unspecified atom stereocenters. The highest BCUT2D eigenvalue weighted by Gasteiger charge is 2.39. The van der Waals surface area contributed by atoms with E-state index >= 15 is 0 Å². The fourth-order valence-corrected chi connectivity index (χ4v) is 4.44. The third-order valence-corrected chi connectivity index (χ3v) is 15.4. The zero-order chi connectivity index (χ0) is 23.1. The molecule has 0 spiro atoms. The van der Waals surface area contributed by atoms with Crippen molar-refractivity contribution in [1.29, 1.82) is 0 Å². The van der Waals surface area contributed by atoms with Crippen molar-refractivity contribution in [2.75, 3.05) is 6.61 Å². The Bertz CT molecular complexity index is 551. The molecule has 0 aromatic carbocycles. The summed E-state index contributed by atoms with van der Waals surface area (Å²) >= 11 is 0. The summed E-state index contributed by atoms with van der Waals surface area (Å²) in [6, 6.07) is 0. The monoisotopic (exact) mass is 440 g/mol. The van der Waals surface area contributed by atoms with Crippen LogP contribution >= 0.6 is 0 Å². The molecule has 0 aliphatic heterocycles. The molecular weight excluding hydrogens is 392 g/mol. The van der Waals surface area contributed by atoms with Gasteiger partial charge < -0.3 is 14.0 Å². The topological polar surface area (TPSA) is 38.7 Å². The SMILES string of the molecule is C=CC[C@@H](O)C=C[C@@H](C)[C@@H](/C=C/CO[Si](C)(C)C(C)(C)C)O[Si](C)(C)C(C)(C)C. The molecule has 3 nitrogen and oxygen atoms in total. The van der Waals surface area contributed by atoms with Crippen LogP contribution in [-0.2, 0) is 8.85 Å². The van der Waals surface area contributed by atoms with Crippen molar-refractivity contribution in [2.24, 2.45) is 5.92 Å². The standard InChI is InChI=1S/C24H48O3Si2/c1-13-15-21(25)18-17-20(2)22(27-29(11,12)24(6,7)8)16-14-19-26-28(9,10)23(3,4)5/h13-14,16-18,20-22,25H,1,15,19H2,2-12H3/b16-14+,18-17?/t20-,21-,22-/m1/s1. The van der Waals surface area contributed by atoms with Crippen molar-refractivity contribution >= 4 is 16.6 Å². The molecule has 3 atom stereocenters. The van der Waals surface area contributed by atoms with Gasteiger partial charge in [0.05, 0.1) is 18.8 Å². The van der Waals surface area contributed by atoms with Crippen molar-refractivity contribution < 1.29 is 14.0 Å². The molecule has 0 aromatic heterocycles. The molecule has 0 aliphatic rings. The average Bonchev–Trinajstić information content (AvgIpc) is 2.53. The van der Waals surface area contributed by atoms with Crippen molar-refractivity contribution in [3.8, 4) is 0 Å². The molecule has 0 fully saturated rings. The number of hydrogen-bond acceptors (Lipinski definition) is 3. The average molecular weight is 441 g/mol. The van der Waals surface area contributed by atoms with Gasteiger partial charge in [-0.15, -0.1) is 6.58 Å². The lowest BCUT2D eigenvalue weighted by Crippen LogP contribution is -2.45. The molecule has 1 N–H and O–H groups in total. The Kier molecular flexibility index (Phi) is 11.1. The molecule has 0 bridgehead atoms. The first-order chi connectivity index (χ1) is 12.9. The Morgan fingerprint density at radius 3 is 1.86 bits per heavy atom. The zero-order valence-electron chi connectivity index (χ0n) is 21.0. The molecule has 0 rings (SSSR count). The van der Waals surface area contributed by atoms with Crippen LogP contribution in [0.1, 0.15) is 54.9 Å². The second-order valence-corrected chi connectivity index (χ2v) is 20.7. The van der Waals surface area contributed by atoms with E-state index in [2.05, 4.69) is 99.5 Å². The minimum Gasteiger partial charge on any atom is -0.413 e. The lowest BCUT2D eigenvalue weighted by Gasteiger charge is -2.40. The molecule has 5 heteroatoms. The molecule has 0 saturated heterocycles. The highest BCUT2D eigenvalue weighted by molar-refractivity contribution is 6.74. The van der Waals surface area contributed by atoms with Crippen molar-refractivity contribution in [1.82, 2.24) is 0 Å². The van der Waals surface area contributed by atoms with E-state index in [1.807, 2.05) is 6.08 Å². The van der Waals surface area contributed by atoms with Crippen molar-refractivity contribution in [3.63, 3.8) is 0 Å². The largest absolute Gasteiger partial charge is 0.413 e. The lowest BCUT2D eigenvalue weighted by atomic mass is 10.0. The summed E-state index contributed by atoms with van der Waals surface area (Å²) in [4.78, 5) is 0. The summed E-state index contributed by atoms with van der Waals surface area (Å²) in [5.41, 5.74) is 0. The number of rotatable bonds is 11. The third-order valence-electron chi connectivity index (χ3n) is 6.47. The van der Waals surface area contributed by atoms with Gasteiger partial charge in [0.25, 0.3) is 0 Å². The molecule has 0 radical (unpaired) electrons. The van der Waals surface area contributed by atoms with Gasteiger partial charge in [0, 0.05) is 5.92 Å². The lowest BCUT2D eigenvalue weighted by molar-refractivity contribution is 0.186. The number of aliphatic hydroxyl groups is 1. The van der Waals surface area contributed by atoms with Gasteiger partial charge >= 0.3 is 0 Å². The Balaban J connectivity index is 5.35. The zero-order valence-corrected chi connectivity index (χ0v) is 23.0. The Morgan fingerprint density at radius 2 is 1.41 bits per heavy atom. The molecule has 170 valence electrons. The number of aliphatic hydroxyl groups excluding tert-OH is 1. The first-order valence-electron chi connectivity index (χ1n) is 10.9. The van der Waals surface area contributed by atoms with E-state index in [0.29, 0.717) is 13.0 Å². The second-order valence-electron chi connectivity index (χ2n) is 11.2. The smallest absolute Gasteiger partial charge is 0.192 e. The maximum Gasteiger partial charge on any atom is 0.192 e. The Morgan fingerprint density at radius 1 is 0.897 bits per heavy atom. The second kappa shape index (κ2) is 11.2. The first kappa shape index (κ1) is 28.5. The summed E-state index contributed by atoms with van der Waals surface area (Å²) in [6.07, 6.45) is 9.96. The van der Waals surface area contributed by atoms with Crippen LogP contribution in [0, 0.1) is 5.92 Å². The summed E-state index contributed by atoms with van der Waals surface area (Å²) < 4.78 is 13.0. The van der Waals surface area contributed by atoms with Gasteiger partial charge in [-0.25, -0.2) is 0 Å². The Labute approximate surface area is 183 Å². The van der Waals surface area contributed by atoms with Crippen LogP contribution in [-0.4, -0.2) is 40.6 Å². The predicted molar refractivity (Wildman–Crippen MR) is 133 cm³/mol. The molecular formula is C24H48O3Si2. The molecule has 0 saturated carbocycles. The predicted octanol–water partition coefficient (Wildman–Crippen LogP) is 7.08. The normalized spacial score (nSPS) is 17.7. The van der Waals surface area contributed by atoms with Gasteiger partial charge in [-0.2, -0.15) is 0 Å². The summed E-state index contributed by atoms with van der Waals surface area (Å²) in [5.74, 6) is 0.160. The van der Waals surface area contributed by atoms with E-state index in [1.165, 1.54) is 0 Å². The summed E-state index contributed by atoms with van der Waals surface area (Å²) in [5, 5.41) is 10.3. The van der Waals surface area contributed by atoms with Crippen LogP contribution < -0.4 is 0 Å². The van der Waals surface area contributed by atoms with Crippen LogP contribution in [0.15, 0.2) is 37.0 Å². The maximum absolute atomic E-state index is 10.00. The van der Waals surface area contributed by atoms with Gasteiger partial charge in [-0.1, -0.05) is 78.8 Å². The van der Waals surface area contributed by atoms with Gasteiger partial charge in [-0.3, -0.25) is 0 Å².